The molecule has 0 bridgehead atoms. The molecule has 0 heterocycles. The highest BCUT2D eigenvalue weighted by atomic mass is 16.6. The SMILES string of the molecule is CC(C)N(C)c1cccc(C(=O)O)c1[N+](=O)[O-]. The molecule has 0 aliphatic rings. The van der Waals surface area contributed by atoms with Gasteiger partial charge in [0.1, 0.15) is 11.3 Å². The van der Waals surface area contributed by atoms with E-state index in [1.807, 2.05) is 13.8 Å². The average Bonchev–Trinajstić information content (AvgIpc) is 2.26. The molecule has 1 aromatic rings. The summed E-state index contributed by atoms with van der Waals surface area (Å²) in [5.74, 6) is -1.30. The Hall–Kier alpha value is -2.11. The van der Waals surface area contributed by atoms with Crippen molar-refractivity contribution in [2.75, 3.05) is 11.9 Å². The van der Waals surface area contributed by atoms with E-state index in [2.05, 4.69) is 0 Å². The van der Waals surface area contributed by atoms with Gasteiger partial charge in [-0.05, 0) is 26.0 Å². The van der Waals surface area contributed by atoms with Crippen molar-refractivity contribution in [3.8, 4) is 0 Å². The van der Waals surface area contributed by atoms with Crippen LogP contribution in [-0.4, -0.2) is 29.1 Å². The Morgan fingerprint density at radius 3 is 2.47 bits per heavy atom. The van der Waals surface area contributed by atoms with Crippen molar-refractivity contribution in [1.29, 1.82) is 0 Å². The van der Waals surface area contributed by atoms with Crippen LogP contribution >= 0.6 is 0 Å². The van der Waals surface area contributed by atoms with Crippen molar-refractivity contribution in [1.82, 2.24) is 0 Å². The predicted molar refractivity (Wildman–Crippen MR) is 63.6 cm³/mol. The van der Waals surface area contributed by atoms with Gasteiger partial charge in [-0.15, -0.1) is 0 Å². The summed E-state index contributed by atoms with van der Waals surface area (Å²) >= 11 is 0. The molecule has 6 heteroatoms. The molecule has 0 saturated carbocycles. The summed E-state index contributed by atoms with van der Waals surface area (Å²) in [6.07, 6.45) is 0. The minimum atomic E-state index is -1.30. The van der Waals surface area contributed by atoms with Gasteiger partial charge in [0.05, 0.1) is 4.92 Å². The monoisotopic (exact) mass is 238 g/mol. The quantitative estimate of drug-likeness (QED) is 0.641. The number of rotatable bonds is 4. The molecule has 0 radical (unpaired) electrons. The number of para-hydroxylation sites is 1. The molecular formula is C11H14N2O4. The lowest BCUT2D eigenvalue weighted by molar-refractivity contribution is -0.384. The summed E-state index contributed by atoms with van der Waals surface area (Å²) in [5, 5.41) is 19.9. The number of benzene rings is 1. The van der Waals surface area contributed by atoms with Gasteiger partial charge in [0.2, 0.25) is 0 Å². The maximum absolute atomic E-state index is 11.0. The maximum atomic E-state index is 11.0. The number of carbonyl (C=O) groups is 1. The van der Waals surface area contributed by atoms with Gasteiger partial charge in [0.25, 0.3) is 0 Å². The number of nitro benzene ring substituents is 1. The summed E-state index contributed by atoms with van der Waals surface area (Å²) < 4.78 is 0. The van der Waals surface area contributed by atoms with Gasteiger partial charge in [-0.1, -0.05) is 6.07 Å². The fraction of sp³-hybridized carbons (Fsp3) is 0.364. The molecule has 0 saturated heterocycles. The fourth-order valence-electron chi connectivity index (χ4n) is 1.46. The van der Waals surface area contributed by atoms with E-state index >= 15 is 0 Å². The summed E-state index contributed by atoms with van der Waals surface area (Å²) in [4.78, 5) is 23.0. The topological polar surface area (TPSA) is 83.7 Å². The highest BCUT2D eigenvalue weighted by molar-refractivity contribution is 5.95. The van der Waals surface area contributed by atoms with E-state index in [4.69, 9.17) is 5.11 Å². The van der Waals surface area contributed by atoms with Crippen LogP contribution < -0.4 is 4.90 Å². The summed E-state index contributed by atoms with van der Waals surface area (Å²) in [6.45, 7) is 3.74. The van der Waals surface area contributed by atoms with Crippen LogP contribution in [0.15, 0.2) is 18.2 Å². The molecule has 0 aliphatic heterocycles. The van der Waals surface area contributed by atoms with Crippen LogP contribution in [0.5, 0.6) is 0 Å². The Morgan fingerprint density at radius 2 is 2.06 bits per heavy atom. The molecule has 0 aromatic heterocycles. The van der Waals surface area contributed by atoms with Crippen LogP contribution in [0.4, 0.5) is 11.4 Å². The standard InChI is InChI=1S/C11H14N2O4/c1-7(2)12(3)9-6-4-5-8(11(14)15)10(9)13(16)17/h4-7H,1-3H3,(H,14,15). The summed E-state index contributed by atoms with van der Waals surface area (Å²) in [5.41, 5.74) is -0.346. The summed E-state index contributed by atoms with van der Waals surface area (Å²) in [7, 11) is 1.69. The molecule has 17 heavy (non-hydrogen) atoms. The first kappa shape index (κ1) is 13.0. The van der Waals surface area contributed by atoms with Gasteiger partial charge in [-0.3, -0.25) is 10.1 Å². The lowest BCUT2D eigenvalue weighted by atomic mass is 10.1. The lowest BCUT2D eigenvalue weighted by Gasteiger charge is -2.23. The number of carboxylic acids is 1. The van der Waals surface area contributed by atoms with Crippen LogP contribution in [0.3, 0.4) is 0 Å². The van der Waals surface area contributed by atoms with Gasteiger partial charge < -0.3 is 10.0 Å². The third-order valence-corrected chi connectivity index (χ3v) is 2.58. The van der Waals surface area contributed by atoms with Gasteiger partial charge in [-0.25, -0.2) is 4.79 Å². The lowest BCUT2D eigenvalue weighted by Crippen LogP contribution is -2.26. The number of nitro groups is 1. The third-order valence-electron chi connectivity index (χ3n) is 2.58. The molecule has 0 fully saturated rings. The van der Waals surface area contributed by atoms with Crippen molar-refractivity contribution < 1.29 is 14.8 Å². The first-order valence-corrected chi connectivity index (χ1v) is 5.09. The molecule has 0 amide bonds. The molecule has 1 N–H and O–H groups in total. The predicted octanol–water partition coefficient (Wildman–Crippen LogP) is 2.14. The normalized spacial score (nSPS) is 10.4. The molecule has 0 unspecified atom stereocenters. The van der Waals surface area contributed by atoms with E-state index in [1.165, 1.54) is 12.1 Å². The van der Waals surface area contributed by atoms with Crippen LogP contribution in [-0.2, 0) is 0 Å². The van der Waals surface area contributed by atoms with Crippen LogP contribution in [0.25, 0.3) is 0 Å². The molecule has 1 aromatic carbocycles. The van der Waals surface area contributed by atoms with Crippen molar-refractivity contribution in [2.45, 2.75) is 19.9 Å². The minimum Gasteiger partial charge on any atom is -0.477 e. The van der Waals surface area contributed by atoms with Crippen LogP contribution in [0.1, 0.15) is 24.2 Å². The highest BCUT2D eigenvalue weighted by Crippen LogP contribution is 2.32. The van der Waals surface area contributed by atoms with E-state index in [-0.39, 0.29) is 17.3 Å². The zero-order valence-electron chi connectivity index (χ0n) is 9.88. The largest absolute Gasteiger partial charge is 0.477 e. The van der Waals surface area contributed by atoms with E-state index < -0.39 is 10.9 Å². The van der Waals surface area contributed by atoms with E-state index in [9.17, 15) is 14.9 Å². The van der Waals surface area contributed by atoms with E-state index in [0.29, 0.717) is 5.69 Å². The number of carboxylic acid groups (broad SMARTS) is 1. The van der Waals surface area contributed by atoms with Gasteiger partial charge >= 0.3 is 11.7 Å². The Bertz CT molecular complexity index is 457. The molecule has 92 valence electrons. The Morgan fingerprint density at radius 1 is 1.47 bits per heavy atom. The second-order valence-corrected chi connectivity index (χ2v) is 3.94. The Kier molecular flexibility index (Phi) is 3.67. The fourth-order valence-corrected chi connectivity index (χ4v) is 1.46. The smallest absolute Gasteiger partial charge is 0.342 e. The van der Waals surface area contributed by atoms with E-state index in [0.717, 1.165) is 0 Å². The van der Waals surface area contributed by atoms with Gasteiger partial charge in [-0.2, -0.15) is 0 Å². The number of aromatic carboxylic acids is 1. The number of anilines is 1. The zero-order chi connectivity index (χ0) is 13.2. The molecule has 6 nitrogen and oxygen atoms in total. The Labute approximate surface area is 98.6 Å². The van der Waals surface area contributed by atoms with Crippen molar-refractivity contribution in [3.63, 3.8) is 0 Å². The second kappa shape index (κ2) is 4.82. The Balaban J connectivity index is 3.45. The third kappa shape index (κ3) is 2.52. The number of nitrogens with zero attached hydrogens (tertiary/aromatic N) is 2. The summed E-state index contributed by atoms with van der Waals surface area (Å²) in [6, 6.07) is 4.32. The first-order valence-electron chi connectivity index (χ1n) is 5.09. The highest BCUT2D eigenvalue weighted by Gasteiger charge is 2.26. The van der Waals surface area contributed by atoms with Gasteiger partial charge in [0.15, 0.2) is 0 Å². The molecule has 0 atom stereocenters. The molecule has 0 aliphatic carbocycles. The minimum absolute atomic E-state index is 0.0396. The number of hydrogen-bond acceptors (Lipinski definition) is 4. The zero-order valence-corrected chi connectivity index (χ0v) is 9.88. The van der Waals surface area contributed by atoms with Crippen molar-refractivity contribution in [2.24, 2.45) is 0 Å². The average molecular weight is 238 g/mol. The molecule has 1 rings (SSSR count). The van der Waals surface area contributed by atoms with Crippen LogP contribution in [0.2, 0.25) is 0 Å². The van der Waals surface area contributed by atoms with Crippen molar-refractivity contribution in [3.05, 3.63) is 33.9 Å². The second-order valence-electron chi connectivity index (χ2n) is 3.94. The first-order chi connectivity index (χ1) is 7.86. The van der Waals surface area contributed by atoms with Gasteiger partial charge in [0, 0.05) is 13.1 Å². The maximum Gasteiger partial charge on any atom is 0.342 e. The number of hydrogen-bond donors (Lipinski definition) is 1. The van der Waals surface area contributed by atoms with Crippen molar-refractivity contribution >= 4 is 17.3 Å². The van der Waals surface area contributed by atoms with Crippen LogP contribution in [0, 0.1) is 10.1 Å². The molecular weight excluding hydrogens is 224 g/mol. The van der Waals surface area contributed by atoms with E-state index in [1.54, 1.807) is 18.0 Å². The molecule has 0 spiro atoms.